The third-order valence-corrected chi connectivity index (χ3v) is 5.74. The molecule has 0 radical (unpaired) electrons. The number of carbonyl (C=O) groups excluding carboxylic acids is 1. The minimum absolute atomic E-state index is 0.124. The lowest BCUT2D eigenvalue weighted by molar-refractivity contribution is -0.376. The number of amides is 1. The lowest BCUT2D eigenvalue weighted by Gasteiger charge is -2.32. The predicted octanol–water partition coefficient (Wildman–Crippen LogP) is 5.61. The number of aliphatic hydroxyl groups is 1. The zero-order chi connectivity index (χ0) is 26.9. The van der Waals surface area contributed by atoms with Crippen LogP contribution in [0.3, 0.4) is 0 Å². The average Bonchev–Trinajstić information content (AvgIpc) is 3.10. The number of nitriles is 1. The Hall–Kier alpha value is -3.26. The van der Waals surface area contributed by atoms with E-state index in [9.17, 15) is 41.5 Å². The fraction of sp³-hybridized carbons (Fsp3) is 0.417. The van der Waals surface area contributed by atoms with Gasteiger partial charge in [0.2, 0.25) is 0 Å². The number of benzene rings is 1. The van der Waals surface area contributed by atoms with Gasteiger partial charge in [0.1, 0.15) is 11.6 Å². The highest BCUT2D eigenvalue weighted by Crippen LogP contribution is 2.50. The van der Waals surface area contributed by atoms with Crippen molar-refractivity contribution in [3.63, 3.8) is 0 Å². The van der Waals surface area contributed by atoms with Crippen molar-refractivity contribution in [2.75, 3.05) is 13.6 Å². The molecule has 1 aromatic carbocycles. The summed E-state index contributed by atoms with van der Waals surface area (Å²) in [6.07, 6.45) is -10.6. The fourth-order valence-corrected chi connectivity index (χ4v) is 3.55. The van der Waals surface area contributed by atoms with E-state index in [0.29, 0.717) is 35.6 Å². The Labute approximate surface area is 198 Å². The van der Waals surface area contributed by atoms with E-state index in [-0.39, 0.29) is 17.2 Å². The van der Waals surface area contributed by atoms with Crippen LogP contribution in [0.5, 0.6) is 0 Å². The Kier molecular flexibility index (Phi) is 7.81. The van der Waals surface area contributed by atoms with E-state index in [1.165, 1.54) is 18.0 Å². The number of rotatable bonds is 6. The highest BCUT2D eigenvalue weighted by molar-refractivity contribution is 6.01. The highest BCUT2D eigenvalue weighted by Gasteiger charge is 2.71. The Balaban J connectivity index is 2.66. The predicted molar refractivity (Wildman–Crippen MR) is 118 cm³/mol. The SMILES string of the molecule is CCN(C)C(=O)/C(C#N)=C/c1cc(C(C)C)n(-c2ccc(C(O)(C(F)(F)F)C(F)(F)F)cc2)c1C. The van der Waals surface area contributed by atoms with Gasteiger partial charge in [-0.05, 0) is 49.6 Å². The number of halogens is 6. The van der Waals surface area contributed by atoms with Crippen LogP contribution in [-0.2, 0) is 10.4 Å². The zero-order valence-corrected chi connectivity index (χ0v) is 19.7. The maximum absolute atomic E-state index is 13.2. The van der Waals surface area contributed by atoms with Crippen LogP contribution in [0.15, 0.2) is 35.9 Å². The molecule has 1 amide bonds. The summed E-state index contributed by atoms with van der Waals surface area (Å²) in [6, 6.07) is 6.82. The summed E-state index contributed by atoms with van der Waals surface area (Å²) in [6.45, 7) is 7.44. The second kappa shape index (κ2) is 9.77. The summed E-state index contributed by atoms with van der Waals surface area (Å²) < 4.78 is 80.9. The van der Waals surface area contributed by atoms with Gasteiger partial charge >= 0.3 is 12.4 Å². The van der Waals surface area contributed by atoms with Crippen LogP contribution in [0.4, 0.5) is 26.3 Å². The van der Waals surface area contributed by atoms with Crippen LogP contribution in [0.1, 0.15) is 49.2 Å². The van der Waals surface area contributed by atoms with Gasteiger partial charge < -0.3 is 14.6 Å². The van der Waals surface area contributed by atoms with Gasteiger partial charge in [0.05, 0.1) is 0 Å². The van der Waals surface area contributed by atoms with Crippen LogP contribution in [0.2, 0.25) is 0 Å². The first-order valence-corrected chi connectivity index (χ1v) is 10.6. The van der Waals surface area contributed by atoms with Gasteiger partial charge in [0.15, 0.2) is 0 Å². The molecular weight excluding hydrogens is 476 g/mol. The van der Waals surface area contributed by atoms with E-state index in [1.54, 1.807) is 24.5 Å². The highest BCUT2D eigenvalue weighted by atomic mass is 19.4. The molecule has 1 N–H and O–H groups in total. The number of aromatic nitrogens is 1. The van der Waals surface area contributed by atoms with E-state index in [0.717, 1.165) is 12.1 Å². The molecule has 0 fully saturated rings. The molecule has 2 aromatic rings. The molecule has 0 aliphatic heterocycles. The van der Waals surface area contributed by atoms with E-state index in [2.05, 4.69) is 0 Å². The van der Waals surface area contributed by atoms with Crippen molar-refractivity contribution in [2.24, 2.45) is 0 Å². The normalized spacial score (nSPS) is 13.2. The molecule has 5 nitrogen and oxygen atoms in total. The first-order valence-electron chi connectivity index (χ1n) is 10.6. The van der Waals surface area contributed by atoms with E-state index >= 15 is 0 Å². The smallest absolute Gasteiger partial charge is 0.369 e. The Morgan fingerprint density at radius 2 is 1.66 bits per heavy atom. The number of alkyl halides is 6. The van der Waals surface area contributed by atoms with Crippen molar-refractivity contribution in [3.8, 4) is 11.8 Å². The summed E-state index contributed by atoms with van der Waals surface area (Å²) in [5.41, 5.74) is -4.60. The summed E-state index contributed by atoms with van der Waals surface area (Å²) in [7, 11) is 1.54. The maximum Gasteiger partial charge on any atom is 0.430 e. The molecule has 190 valence electrons. The Morgan fingerprint density at radius 3 is 2.06 bits per heavy atom. The quantitative estimate of drug-likeness (QED) is 0.318. The van der Waals surface area contributed by atoms with Crippen molar-refractivity contribution in [1.82, 2.24) is 9.47 Å². The van der Waals surface area contributed by atoms with Crippen molar-refractivity contribution >= 4 is 12.0 Å². The number of hydrogen-bond donors (Lipinski definition) is 1. The molecule has 1 heterocycles. The molecule has 11 heteroatoms. The second-order valence-corrected chi connectivity index (χ2v) is 8.34. The summed E-state index contributed by atoms with van der Waals surface area (Å²) in [5.74, 6) is -0.617. The molecule has 0 spiro atoms. The summed E-state index contributed by atoms with van der Waals surface area (Å²) in [5, 5.41) is 19.1. The van der Waals surface area contributed by atoms with Gasteiger partial charge in [-0.2, -0.15) is 31.6 Å². The van der Waals surface area contributed by atoms with Crippen LogP contribution in [0, 0.1) is 18.3 Å². The molecule has 0 saturated carbocycles. The fourth-order valence-electron chi connectivity index (χ4n) is 3.55. The third kappa shape index (κ3) is 5.07. The van der Waals surface area contributed by atoms with Crippen molar-refractivity contribution in [3.05, 3.63) is 58.4 Å². The van der Waals surface area contributed by atoms with Crippen LogP contribution in [-0.4, -0.2) is 46.4 Å². The average molecular weight is 501 g/mol. The summed E-state index contributed by atoms with van der Waals surface area (Å²) in [4.78, 5) is 13.8. The van der Waals surface area contributed by atoms with E-state index in [1.807, 2.05) is 19.9 Å². The summed E-state index contributed by atoms with van der Waals surface area (Å²) >= 11 is 0. The molecule has 1 aromatic heterocycles. The zero-order valence-electron chi connectivity index (χ0n) is 19.7. The second-order valence-electron chi connectivity index (χ2n) is 8.34. The molecule has 0 atom stereocenters. The van der Waals surface area contributed by atoms with Crippen LogP contribution >= 0.6 is 0 Å². The van der Waals surface area contributed by atoms with Gasteiger partial charge in [0.25, 0.3) is 11.5 Å². The van der Waals surface area contributed by atoms with Gasteiger partial charge in [0, 0.05) is 36.2 Å². The van der Waals surface area contributed by atoms with Gasteiger partial charge in [-0.3, -0.25) is 4.79 Å². The molecule has 0 bridgehead atoms. The van der Waals surface area contributed by atoms with Gasteiger partial charge in [-0.1, -0.05) is 26.0 Å². The Morgan fingerprint density at radius 1 is 1.14 bits per heavy atom. The van der Waals surface area contributed by atoms with Crippen molar-refractivity contribution < 1.29 is 36.2 Å². The molecule has 0 saturated heterocycles. The van der Waals surface area contributed by atoms with Crippen LogP contribution in [0.25, 0.3) is 11.8 Å². The molecule has 2 rings (SSSR count). The number of hydrogen-bond acceptors (Lipinski definition) is 3. The third-order valence-electron chi connectivity index (χ3n) is 5.74. The Bertz CT molecular complexity index is 1140. The first-order chi connectivity index (χ1) is 16.0. The number of carbonyl (C=O) groups is 1. The van der Waals surface area contributed by atoms with Crippen molar-refractivity contribution in [2.45, 2.75) is 51.6 Å². The molecule has 0 aliphatic carbocycles. The minimum atomic E-state index is -5.98. The number of likely N-dealkylation sites (N-methyl/N-ethyl adjacent to an activating group) is 1. The lowest BCUT2D eigenvalue weighted by Crippen LogP contribution is -2.53. The molecule has 0 unspecified atom stereocenters. The van der Waals surface area contributed by atoms with Crippen LogP contribution < -0.4 is 0 Å². The maximum atomic E-state index is 13.2. The van der Waals surface area contributed by atoms with Gasteiger partial charge in [-0.25, -0.2) is 0 Å². The number of nitrogens with zero attached hydrogens (tertiary/aromatic N) is 3. The van der Waals surface area contributed by atoms with Crippen molar-refractivity contribution in [1.29, 1.82) is 5.26 Å². The van der Waals surface area contributed by atoms with Gasteiger partial charge in [-0.15, -0.1) is 0 Å². The molecule has 0 aliphatic rings. The molecule has 35 heavy (non-hydrogen) atoms. The van der Waals surface area contributed by atoms with E-state index < -0.39 is 29.4 Å². The topological polar surface area (TPSA) is 69.3 Å². The largest absolute Gasteiger partial charge is 0.430 e. The standard InChI is InChI=1S/C24H25F6N3O2/c1-6-32(5)21(34)17(13-31)11-16-12-20(14(2)3)33(15(16)4)19-9-7-18(8-10-19)22(35,23(25,26)27)24(28,29)30/h7-12,14,35H,6H2,1-5H3/b17-11+. The monoisotopic (exact) mass is 501 g/mol. The minimum Gasteiger partial charge on any atom is -0.369 e. The molecular formula is C24H25F6N3O2. The van der Waals surface area contributed by atoms with E-state index in [4.69, 9.17) is 0 Å². The lowest BCUT2D eigenvalue weighted by atomic mass is 9.92. The first kappa shape index (κ1) is 28.0.